The number of rotatable bonds is 3. The van der Waals surface area contributed by atoms with E-state index < -0.39 is 0 Å². The summed E-state index contributed by atoms with van der Waals surface area (Å²) in [4.78, 5) is 0. The first kappa shape index (κ1) is 16.2. The maximum atomic E-state index is 14.0. The van der Waals surface area contributed by atoms with Crippen LogP contribution in [-0.2, 0) is 0 Å². The molecule has 4 heteroatoms. The Kier molecular flexibility index (Phi) is 4.09. The van der Waals surface area contributed by atoms with Gasteiger partial charge in [0.15, 0.2) is 5.82 Å². The Bertz CT molecular complexity index is 1110. The van der Waals surface area contributed by atoms with Crippen LogP contribution in [0.25, 0.3) is 22.0 Å². The number of para-hydroxylation sites is 1. The molecular formula is C22H18FN3. The summed E-state index contributed by atoms with van der Waals surface area (Å²) in [6, 6.07) is 20.7. The minimum absolute atomic E-state index is 0.323. The van der Waals surface area contributed by atoms with Gasteiger partial charge in [0.05, 0.1) is 5.69 Å². The highest BCUT2D eigenvalue weighted by atomic mass is 19.1. The van der Waals surface area contributed by atoms with E-state index in [2.05, 4.69) is 47.6 Å². The third kappa shape index (κ3) is 2.90. The average molecular weight is 343 g/mol. The van der Waals surface area contributed by atoms with Crippen LogP contribution in [0.15, 0.2) is 66.7 Å². The summed E-state index contributed by atoms with van der Waals surface area (Å²) in [5.41, 5.74) is 4.67. The Balaban J connectivity index is 1.86. The lowest BCUT2D eigenvalue weighted by Gasteiger charge is -2.12. The highest BCUT2D eigenvalue weighted by Gasteiger charge is 2.12. The number of aromatic nitrogens is 2. The van der Waals surface area contributed by atoms with Crippen molar-refractivity contribution in [1.29, 1.82) is 0 Å². The smallest absolute Gasteiger partial charge is 0.161 e. The topological polar surface area (TPSA) is 37.8 Å². The van der Waals surface area contributed by atoms with E-state index >= 15 is 0 Å². The first-order valence-corrected chi connectivity index (χ1v) is 8.48. The molecule has 0 saturated heterocycles. The standard InChI is InChI=1S/C22H18FN3/c1-14-11-12-16(13-15(14)2)21-17-7-3-4-8-18(17)22(26-25-21)24-20-10-6-5-9-19(20)23/h3-13H,1-2H3,(H,24,26). The van der Waals surface area contributed by atoms with Gasteiger partial charge >= 0.3 is 0 Å². The number of hydrogen-bond donors (Lipinski definition) is 1. The summed E-state index contributed by atoms with van der Waals surface area (Å²) >= 11 is 0. The SMILES string of the molecule is Cc1ccc(-c2nnc(Nc3ccccc3F)c3ccccc23)cc1C. The molecule has 0 amide bonds. The van der Waals surface area contributed by atoms with Gasteiger partial charge in [0.2, 0.25) is 0 Å². The van der Waals surface area contributed by atoms with E-state index in [1.165, 1.54) is 17.2 Å². The zero-order valence-corrected chi connectivity index (χ0v) is 14.6. The van der Waals surface area contributed by atoms with Gasteiger partial charge in [-0.2, -0.15) is 0 Å². The number of aryl methyl sites for hydroxylation is 2. The third-order valence-corrected chi connectivity index (χ3v) is 4.59. The molecule has 1 aromatic heterocycles. The van der Waals surface area contributed by atoms with Gasteiger partial charge in [0, 0.05) is 16.3 Å². The van der Waals surface area contributed by atoms with Crippen molar-refractivity contribution in [3.63, 3.8) is 0 Å². The Morgan fingerprint density at radius 3 is 2.27 bits per heavy atom. The van der Waals surface area contributed by atoms with Crippen LogP contribution >= 0.6 is 0 Å². The molecule has 3 nitrogen and oxygen atoms in total. The first-order chi connectivity index (χ1) is 12.6. The lowest BCUT2D eigenvalue weighted by atomic mass is 10.0. The average Bonchev–Trinajstić information content (AvgIpc) is 2.66. The summed E-state index contributed by atoms with van der Waals surface area (Å²) in [5, 5.41) is 13.7. The fourth-order valence-corrected chi connectivity index (χ4v) is 2.99. The van der Waals surface area contributed by atoms with Crippen LogP contribution in [0.5, 0.6) is 0 Å². The van der Waals surface area contributed by atoms with Crippen LogP contribution in [0.4, 0.5) is 15.9 Å². The summed E-state index contributed by atoms with van der Waals surface area (Å²) in [6.07, 6.45) is 0. The molecule has 4 aromatic rings. The largest absolute Gasteiger partial charge is 0.336 e. The second-order valence-electron chi connectivity index (χ2n) is 6.35. The zero-order valence-electron chi connectivity index (χ0n) is 14.6. The van der Waals surface area contributed by atoms with E-state index in [1.807, 2.05) is 24.3 Å². The van der Waals surface area contributed by atoms with Gasteiger partial charge in [0.1, 0.15) is 11.5 Å². The van der Waals surface area contributed by atoms with Crippen molar-refractivity contribution in [2.75, 3.05) is 5.32 Å². The van der Waals surface area contributed by atoms with Crippen molar-refractivity contribution in [2.24, 2.45) is 0 Å². The van der Waals surface area contributed by atoms with Gasteiger partial charge in [-0.3, -0.25) is 0 Å². The highest BCUT2D eigenvalue weighted by Crippen LogP contribution is 2.32. The van der Waals surface area contributed by atoms with Crippen molar-refractivity contribution >= 4 is 22.3 Å². The van der Waals surface area contributed by atoms with Crippen molar-refractivity contribution < 1.29 is 4.39 Å². The van der Waals surface area contributed by atoms with Gasteiger partial charge in [-0.15, -0.1) is 10.2 Å². The number of hydrogen-bond acceptors (Lipinski definition) is 3. The van der Waals surface area contributed by atoms with E-state index in [-0.39, 0.29) is 5.82 Å². The molecule has 0 bridgehead atoms. The molecule has 128 valence electrons. The molecule has 0 saturated carbocycles. The molecule has 0 atom stereocenters. The fourth-order valence-electron chi connectivity index (χ4n) is 2.99. The predicted octanol–water partition coefficient (Wildman–Crippen LogP) is 5.80. The van der Waals surface area contributed by atoms with Crippen molar-refractivity contribution in [3.05, 3.63) is 83.7 Å². The second kappa shape index (κ2) is 6.56. The maximum absolute atomic E-state index is 14.0. The van der Waals surface area contributed by atoms with Crippen LogP contribution in [0.1, 0.15) is 11.1 Å². The third-order valence-electron chi connectivity index (χ3n) is 4.59. The minimum Gasteiger partial charge on any atom is -0.336 e. The van der Waals surface area contributed by atoms with E-state index in [0.717, 1.165) is 22.0 Å². The first-order valence-electron chi connectivity index (χ1n) is 8.48. The quantitative estimate of drug-likeness (QED) is 0.511. The van der Waals surface area contributed by atoms with Crippen LogP contribution in [0.3, 0.4) is 0 Å². The normalized spacial score (nSPS) is 10.9. The van der Waals surface area contributed by atoms with Crippen molar-refractivity contribution in [1.82, 2.24) is 10.2 Å². The molecule has 3 aromatic carbocycles. The van der Waals surface area contributed by atoms with Gasteiger partial charge < -0.3 is 5.32 Å². The van der Waals surface area contributed by atoms with Gasteiger partial charge in [0.25, 0.3) is 0 Å². The Labute approximate surface area is 151 Å². The molecule has 0 spiro atoms. The Hall–Kier alpha value is -3.27. The van der Waals surface area contributed by atoms with E-state index in [4.69, 9.17) is 0 Å². The minimum atomic E-state index is -0.323. The second-order valence-corrected chi connectivity index (χ2v) is 6.35. The number of anilines is 2. The van der Waals surface area contributed by atoms with Crippen LogP contribution in [0.2, 0.25) is 0 Å². The molecule has 4 rings (SSSR count). The van der Waals surface area contributed by atoms with Crippen LogP contribution in [-0.4, -0.2) is 10.2 Å². The predicted molar refractivity (Wildman–Crippen MR) is 104 cm³/mol. The Morgan fingerprint density at radius 1 is 0.769 bits per heavy atom. The van der Waals surface area contributed by atoms with Crippen molar-refractivity contribution in [3.8, 4) is 11.3 Å². The number of nitrogens with one attached hydrogen (secondary N) is 1. The van der Waals surface area contributed by atoms with Crippen LogP contribution < -0.4 is 5.32 Å². The van der Waals surface area contributed by atoms with Gasteiger partial charge in [-0.25, -0.2) is 4.39 Å². The molecular weight excluding hydrogens is 325 g/mol. The molecule has 1 heterocycles. The zero-order chi connectivity index (χ0) is 18.1. The summed E-state index contributed by atoms with van der Waals surface area (Å²) in [5.74, 6) is 0.218. The van der Waals surface area contributed by atoms with E-state index in [0.29, 0.717) is 11.5 Å². The Morgan fingerprint density at radius 2 is 1.50 bits per heavy atom. The number of benzene rings is 3. The molecule has 26 heavy (non-hydrogen) atoms. The summed E-state index contributed by atoms with van der Waals surface area (Å²) < 4.78 is 14.0. The van der Waals surface area contributed by atoms with E-state index in [1.54, 1.807) is 18.2 Å². The molecule has 0 radical (unpaired) electrons. The molecule has 0 aliphatic heterocycles. The molecule has 0 aliphatic carbocycles. The monoisotopic (exact) mass is 343 g/mol. The van der Waals surface area contributed by atoms with Crippen molar-refractivity contribution in [2.45, 2.75) is 13.8 Å². The number of nitrogens with zero attached hydrogens (tertiary/aromatic N) is 2. The maximum Gasteiger partial charge on any atom is 0.161 e. The molecule has 1 N–H and O–H groups in total. The molecule has 0 aliphatic rings. The lowest BCUT2D eigenvalue weighted by molar-refractivity contribution is 0.632. The summed E-state index contributed by atoms with van der Waals surface area (Å²) in [6.45, 7) is 4.17. The molecule has 0 fully saturated rings. The summed E-state index contributed by atoms with van der Waals surface area (Å²) in [7, 11) is 0. The molecule has 0 unspecified atom stereocenters. The highest BCUT2D eigenvalue weighted by molar-refractivity contribution is 6.00. The number of fused-ring (bicyclic) bond motifs is 1. The van der Waals surface area contributed by atoms with Gasteiger partial charge in [-0.1, -0.05) is 48.5 Å². The van der Waals surface area contributed by atoms with Gasteiger partial charge in [-0.05, 0) is 43.2 Å². The lowest BCUT2D eigenvalue weighted by Crippen LogP contribution is -2.00. The van der Waals surface area contributed by atoms with Crippen LogP contribution in [0, 0.1) is 19.7 Å². The van der Waals surface area contributed by atoms with E-state index in [9.17, 15) is 4.39 Å². The fraction of sp³-hybridized carbons (Fsp3) is 0.0909. The number of halogens is 1.